The number of amides is 1. The standard InChI is InChI=1S/C14H23N3O/c1-10(2)8-16-11(3)4-5-12-6-7-13(14(15)18)17-9-12/h6-7,9-11,16H,4-5,8H2,1-3H3,(H2,15,18). The number of carbonyl (C=O) groups excluding carboxylic acids is 1. The van der Waals surface area contributed by atoms with E-state index in [9.17, 15) is 4.79 Å². The summed E-state index contributed by atoms with van der Waals surface area (Å²) in [5.41, 5.74) is 6.60. The van der Waals surface area contributed by atoms with Crippen molar-refractivity contribution in [2.24, 2.45) is 11.7 Å². The smallest absolute Gasteiger partial charge is 0.267 e. The topological polar surface area (TPSA) is 68.0 Å². The fourth-order valence-electron chi connectivity index (χ4n) is 1.64. The van der Waals surface area contributed by atoms with E-state index in [2.05, 4.69) is 31.1 Å². The Morgan fingerprint density at radius 2 is 2.11 bits per heavy atom. The molecule has 0 bridgehead atoms. The second-order valence-electron chi connectivity index (χ2n) is 5.16. The van der Waals surface area contributed by atoms with E-state index in [1.165, 1.54) is 0 Å². The maximum absolute atomic E-state index is 10.9. The predicted molar refractivity (Wildman–Crippen MR) is 73.4 cm³/mol. The van der Waals surface area contributed by atoms with Gasteiger partial charge in [-0.05, 0) is 43.9 Å². The number of aryl methyl sites for hydroxylation is 1. The van der Waals surface area contributed by atoms with E-state index in [-0.39, 0.29) is 0 Å². The van der Waals surface area contributed by atoms with Gasteiger partial charge in [-0.15, -0.1) is 0 Å². The fraction of sp³-hybridized carbons (Fsp3) is 0.571. The normalized spacial score (nSPS) is 12.7. The lowest BCUT2D eigenvalue weighted by atomic mass is 10.1. The van der Waals surface area contributed by atoms with Gasteiger partial charge in [-0.1, -0.05) is 19.9 Å². The van der Waals surface area contributed by atoms with Crippen LogP contribution < -0.4 is 11.1 Å². The van der Waals surface area contributed by atoms with Crippen LogP contribution in [0.4, 0.5) is 0 Å². The van der Waals surface area contributed by atoms with Gasteiger partial charge in [-0.2, -0.15) is 0 Å². The summed E-state index contributed by atoms with van der Waals surface area (Å²) in [7, 11) is 0. The molecule has 0 aliphatic heterocycles. The second-order valence-corrected chi connectivity index (χ2v) is 5.16. The number of aromatic nitrogens is 1. The summed E-state index contributed by atoms with van der Waals surface area (Å²) in [6.07, 6.45) is 3.75. The maximum atomic E-state index is 10.9. The van der Waals surface area contributed by atoms with Crippen LogP contribution in [0.2, 0.25) is 0 Å². The van der Waals surface area contributed by atoms with Crippen LogP contribution in [0, 0.1) is 5.92 Å². The number of hydrogen-bond acceptors (Lipinski definition) is 3. The molecule has 100 valence electrons. The molecule has 4 heteroatoms. The van der Waals surface area contributed by atoms with Crippen molar-refractivity contribution in [3.8, 4) is 0 Å². The Kier molecular flexibility index (Phi) is 5.78. The third-order valence-electron chi connectivity index (χ3n) is 2.82. The molecule has 1 heterocycles. The highest BCUT2D eigenvalue weighted by Crippen LogP contribution is 2.05. The lowest BCUT2D eigenvalue weighted by Crippen LogP contribution is -2.29. The number of rotatable bonds is 7. The van der Waals surface area contributed by atoms with E-state index in [1.807, 2.05) is 6.07 Å². The van der Waals surface area contributed by atoms with Crippen LogP contribution in [0.5, 0.6) is 0 Å². The van der Waals surface area contributed by atoms with Crippen LogP contribution in [0.3, 0.4) is 0 Å². The average molecular weight is 249 g/mol. The first-order chi connectivity index (χ1) is 8.49. The van der Waals surface area contributed by atoms with Crippen molar-refractivity contribution in [2.45, 2.75) is 39.7 Å². The first kappa shape index (κ1) is 14.6. The van der Waals surface area contributed by atoms with Crippen LogP contribution in [-0.4, -0.2) is 23.5 Å². The zero-order valence-electron chi connectivity index (χ0n) is 11.4. The summed E-state index contributed by atoms with van der Waals surface area (Å²) in [4.78, 5) is 14.9. The number of pyridine rings is 1. The van der Waals surface area contributed by atoms with Crippen LogP contribution in [0.15, 0.2) is 18.3 Å². The van der Waals surface area contributed by atoms with Crippen molar-refractivity contribution in [3.05, 3.63) is 29.6 Å². The Morgan fingerprint density at radius 1 is 1.39 bits per heavy atom. The van der Waals surface area contributed by atoms with Gasteiger partial charge < -0.3 is 11.1 Å². The largest absolute Gasteiger partial charge is 0.364 e. The lowest BCUT2D eigenvalue weighted by Gasteiger charge is -2.15. The molecule has 18 heavy (non-hydrogen) atoms. The van der Waals surface area contributed by atoms with Crippen molar-refractivity contribution < 1.29 is 4.79 Å². The van der Waals surface area contributed by atoms with Crippen LogP contribution >= 0.6 is 0 Å². The van der Waals surface area contributed by atoms with Crippen molar-refractivity contribution >= 4 is 5.91 Å². The molecule has 0 spiro atoms. The van der Waals surface area contributed by atoms with Crippen molar-refractivity contribution in [3.63, 3.8) is 0 Å². The van der Waals surface area contributed by atoms with Gasteiger partial charge in [0.2, 0.25) is 0 Å². The molecule has 1 unspecified atom stereocenters. The van der Waals surface area contributed by atoms with Gasteiger partial charge in [0.15, 0.2) is 0 Å². The van der Waals surface area contributed by atoms with E-state index in [0.29, 0.717) is 17.7 Å². The molecular weight excluding hydrogens is 226 g/mol. The molecule has 0 fully saturated rings. The highest BCUT2D eigenvalue weighted by molar-refractivity contribution is 5.90. The van der Waals surface area contributed by atoms with Gasteiger partial charge in [0.05, 0.1) is 0 Å². The Labute approximate surface area is 109 Å². The molecule has 4 nitrogen and oxygen atoms in total. The number of hydrogen-bond donors (Lipinski definition) is 2. The van der Waals surface area contributed by atoms with Gasteiger partial charge in [0, 0.05) is 12.2 Å². The zero-order chi connectivity index (χ0) is 13.5. The summed E-state index contributed by atoms with van der Waals surface area (Å²) in [5, 5.41) is 3.49. The Balaban J connectivity index is 2.36. The third-order valence-corrected chi connectivity index (χ3v) is 2.82. The van der Waals surface area contributed by atoms with Gasteiger partial charge in [0.1, 0.15) is 5.69 Å². The predicted octanol–water partition coefficient (Wildman–Crippen LogP) is 1.75. The Hall–Kier alpha value is -1.42. The number of nitrogens with two attached hydrogens (primary N) is 1. The number of primary amides is 1. The van der Waals surface area contributed by atoms with Crippen LogP contribution in [-0.2, 0) is 6.42 Å². The minimum absolute atomic E-state index is 0.324. The molecule has 0 aliphatic carbocycles. The number of carbonyl (C=O) groups is 1. The summed E-state index contributed by atoms with van der Waals surface area (Å²) >= 11 is 0. The maximum Gasteiger partial charge on any atom is 0.267 e. The van der Waals surface area contributed by atoms with Gasteiger partial charge in [-0.25, -0.2) is 0 Å². The van der Waals surface area contributed by atoms with E-state index < -0.39 is 5.91 Å². The van der Waals surface area contributed by atoms with E-state index >= 15 is 0 Å². The van der Waals surface area contributed by atoms with Crippen molar-refractivity contribution in [1.29, 1.82) is 0 Å². The Bertz CT molecular complexity index is 373. The minimum atomic E-state index is -0.478. The molecule has 1 atom stereocenters. The highest BCUT2D eigenvalue weighted by Gasteiger charge is 2.05. The summed E-state index contributed by atoms with van der Waals surface area (Å²) in [6, 6.07) is 4.09. The van der Waals surface area contributed by atoms with E-state index in [1.54, 1.807) is 12.3 Å². The molecule has 1 aromatic heterocycles. The first-order valence-electron chi connectivity index (χ1n) is 6.47. The van der Waals surface area contributed by atoms with Gasteiger partial charge in [0.25, 0.3) is 5.91 Å². The van der Waals surface area contributed by atoms with Gasteiger partial charge >= 0.3 is 0 Å². The van der Waals surface area contributed by atoms with Gasteiger partial charge in [-0.3, -0.25) is 9.78 Å². The molecule has 1 aromatic rings. The summed E-state index contributed by atoms with van der Waals surface area (Å²) < 4.78 is 0. The van der Waals surface area contributed by atoms with Crippen molar-refractivity contribution in [1.82, 2.24) is 10.3 Å². The Morgan fingerprint density at radius 3 is 2.61 bits per heavy atom. The van der Waals surface area contributed by atoms with Crippen LogP contribution in [0.1, 0.15) is 43.2 Å². The molecule has 0 saturated heterocycles. The number of nitrogens with zero attached hydrogens (tertiary/aromatic N) is 1. The molecule has 0 saturated carbocycles. The zero-order valence-corrected chi connectivity index (χ0v) is 11.4. The second kappa shape index (κ2) is 7.11. The molecule has 3 N–H and O–H groups in total. The molecule has 1 amide bonds. The molecular formula is C14H23N3O. The third kappa shape index (κ3) is 5.27. The fourth-order valence-corrected chi connectivity index (χ4v) is 1.64. The SMILES string of the molecule is CC(C)CNC(C)CCc1ccc(C(N)=O)nc1. The quantitative estimate of drug-likeness (QED) is 0.773. The molecule has 0 aromatic carbocycles. The first-order valence-corrected chi connectivity index (χ1v) is 6.47. The molecule has 0 aliphatic rings. The minimum Gasteiger partial charge on any atom is -0.364 e. The molecule has 0 radical (unpaired) electrons. The van der Waals surface area contributed by atoms with E-state index in [0.717, 1.165) is 24.9 Å². The van der Waals surface area contributed by atoms with Crippen molar-refractivity contribution in [2.75, 3.05) is 6.54 Å². The highest BCUT2D eigenvalue weighted by atomic mass is 16.1. The molecule has 1 rings (SSSR count). The lowest BCUT2D eigenvalue weighted by molar-refractivity contribution is 0.0995. The van der Waals surface area contributed by atoms with E-state index in [4.69, 9.17) is 5.73 Å². The van der Waals surface area contributed by atoms with Crippen LogP contribution in [0.25, 0.3) is 0 Å². The summed E-state index contributed by atoms with van der Waals surface area (Å²) in [5.74, 6) is 0.192. The number of nitrogens with one attached hydrogen (secondary N) is 1. The monoisotopic (exact) mass is 249 g/mol. The summed E-state index contributed by atoms with van der Waals surface area (Å²) in [6.45, 7) is 7.63. The average Bonchev–Trinajstić information content (AvgIpc) is 2.34.